The Labute approximate surface area is 126 Å². The van der Waals surface area contributed by atoms with Crippen LogP contribution in [0.3, 0.4) is 0 Å². The van der Waals surface area contributed by atoms with Gasteiger partial charge in [0, 0.05) is 23.8 Å². The number of halogens is 1. The maximum absolute atomic E-state index is 6.30. The van der Waals surface area contributed by atoms with E-state index in [4.69, 9.17) is 17.3 Å². The van der Waals surface area contributed by atoms with Crippen molar-refractivity contribution >= 4 is 17.3 Å². The van der Waals surface area contributed by atoms with Gasteiger partial charge in [0.15, 0.2) is 0 Å². The van der Waals surface area contributed by atoms with Crippen molar-refractivity contribution in [3.05, 3.63) is 64.7 Å². The molecule has 2 nitrogen and oxygen atoms in total. The topological polar surface area (TPSA) is 29.3 Å². The molecule has 0 amide bonds. The molecule has 2 aromatic carbocycles. The minimum absolute atomic E-state index is 0.00657. The van der Waals surface area contributed by atoms with Gasteiger partial charge in [-0.15, -0.1) is 0 Å². The Kier molecular flexibility index (Phi) is 4.69. The zero-order chi connectivity index (χ0) is 14.7. The first-order chi connectivity index (χ1) is 9.52. The van der Waals surface area contributed by atoms with Crippen molar-refractivity contribution in [2.24, 2.45) is 5.73 Å². The van der Waals surface area contributed by atoms with E-state index in [1.165, 1.54) is 0 Å². The van der Waals surface area contributed by atoms with E-state index in [2.05, 4.69) is 37.1 Å². The number of nitrogens with zero attached hydrogens (tertiary/aromatic N) is 1. The van der Waals surface area contributed by atoms with Gasteiger partial charge in [0.25, 0.3) is 0 Å². The van der Waals surface area contributed by atoms with Crippen LogP contribution >= 0.6 is 11.6 Å². The second-order valence-corrected chi connectivity index (χ2v) is 5.56. The lowest BCUT2D eigenvalue weighted by atomic mass is 10.0. The predicted molar refractivity (Wildman–Crippen MR) is 87.3 cm³/mol. The molecule has 0 aromatic heterocycles. The molecule has 0 bridgehead atoms. The van der Waals surface area contributed by atoms with Crippen LogP contribution in [-0.2, 0) is 0 Å². The van der Waals surface area contributed by atoms with Crippen molar-refractivity contribution in [2.45, 2.75) is 25.9 Å². The number of rotatable bonds is 4. The fourth-order valence-electron chi connectivity index (χ4n) is 2.42. The number of anilines is 1. The van der Waals surface area contributed by atoms with Gasteiger partial charge in [-0.1, -0.05) is 48.0 Å². The lowest BCUT2D eigenvalue weighted by Crippen LogP contribution is -2.24. The highest BCUT2D eigenvalue weighted by Gasteiger charge is 2.18. The molecule has 20 heavy (non-hydrogen) atoms. The third-order valence-corrected chi connectivity index (χ3v) is 4.09. The summed E-state index contributed by atoms with van der Waals surface area (Å²) in [6.45, 7) is 4.16. The molecule has 0 saturated heterocycles. The van der Waals surface area contributed by atoms with Gasteiger partial charge in [-0.25, -0.2) is 0 Å². The Balaban J connectivity index is 2.37. The first-order valence-electron chi connectivity index (χ1n) is 6.84. The van der Waals surface area contributed by atoms with Crippen LogP contribution in [0.5, 0.6) is 0 Å². The first-order valence-corrected chi connectivity index (χ1v) is 7.22. The maximum Gasteiger partial charge on any atom is 0.0525 e. The van der Waals surface area contributed by atoms with Gasteiger partial charge in [0.2, 0.25) is 0 Å². The molecule has 2 aromatic rings. The van der Waals surface area contributed by atoms with Crippen LogP contribution in [0.2, 0.25) is 5.02 Å². The average Bonchev–Trinajstić information content (AvgIpc) is 2.46. The molecule has 2 N–H and O–H groups in total. The number of hydrogen-bond donors (Lipinski definition) is 1. The minimum atomic E-state index is 0.00657. The van der Waals surface area contributed by atoms with Crippen LogP contribution in [0, 0.1) is 0 Å². The SMILES string of the molecule is CC(N)c1ccccc1N(C)C(C)c1ccccc1Cl. The molecule has 0 aliphatic rings. The van der Waals surface area contributed by atoms with Gasteiger partial charge in [-0.05, 0) is 37.1 Å². The Bertz CT molecular complexity index is 581. The molecule has 106 valence electrons. The first kappa shape index (κ1) is 14.9. The summed E-state index contributed by atoms with van der Waals surface area (Å²) in [6.07, 6.45) is 0. The Hall–Kier alpha value is -1.51. The number of benzene rings is 2. The number of para-hydroxylation sites is 1. The quantitative estimate of drug-likeness (QED) is 0.894. The monoisotopic (exact) mass is 288 g/mol. The minimum Gasteiger partial charge on any atom is -0.368 e. The predicted octanol–water partition coefficient (Wildman–Crippen LogP) is 4.56. The number of hydrogen-bond acceptors (Lipinski definition) is 2. The molecular formula is C17H21ClN2. The van der Waals surface area contributed by atoms with E-state index in [1.807, 2.05) is 37.3 Å². The third kappa shape index (κ3) is 2.97. The Morgan fingerprint density at radius 1 is 0.950 bits per heavy atom. The molecule has 0 fully saturated rings. The molecule has 0 heterocycles. The summed E-state index contributed by atoms with van der Waals surface area (Å²) in [5.41, 5.74) is 9.48. The van der Waals surface area contributed by atoms with Crippen LogP contribution in [0.1, 0.15) is 37.1 Å². The van der Waals surface area contributed by atoms with Crippen LogP contribution in [0.4, 0.5) is 5.69 Å². The van der Waals surface area contributed by atoms with Crippen molar-refractivity contribution in [1.82, 2.24) is 0 Å². The van der Waals surface area contributed by atoms with E-state index >= 15 is 0 Å². The largest absolute Gasteiger partial charge is 0.368 e. The highest BCUT2D eigenvalue weighted by molar-refractivity contribution is 6.31. The molecule has 2 rings (SSSR count). The van der Waals surface area contributed by atoms with Crippen molar-refractivity contribution in [1.29, 1.82) is 0 Å². The Morgan fingerprint density at radius 2 is 1.50 bits per heavy atom. The average molecular weight is 289 g/mol. The molecule has 0 aliphatic carbocycles. The van der Waals surface area contributed by atoms with Crippen molar-refractivity contribution in [3.63, 3.8) is 0 Å². The van der Waals surface area contributed by atoms with Gasteiger partial charge >= 0.3 is 0 Å². The highest BCUT2D eigenvalue weighted by atomic mass is 35.5. The van der Waals surface area contributed by atoms with Crippen LogP contribution in [-0.4, -0.2) is 7.05 Å². The summed E-state index contributed by atoms with van der Waals surface area (Å²) >= 11 is 6.30. The molecule has 0 aliphatic heterocycles. The van der Waals surface area contributed by atoms with Crippen LogP contribution < -0.4 is 10.6 Å². The van der Waals surface area contributed by atoms with E-state index in [9.17, 15) is 0 Å². The fraction of sp³-hybridized carbons (Fsp3) is 0.294. The van der Waals surface area contributed by atoms with Gasteiger partial charge in [0.05, 0.1) is 6.04 Å². The fourth-order valence-corrected chi connectivity index (χ4v) is 2.72. The van der Waals surface area contributed by atoms with E-state index < -0.39 is 0 Å². The highest BCUT2D eigenvalue weighted by Crippen LogP contribution is 2.33. The van der Waals surface area contributed by atoms with Gasteiger partial charge in [-0.2, -0.15) is 0 Å². The summed E-state index contributed by atoms with van der Waals surface area (Å²) in [4.78, 5) is 2.22. The van der Waals surface area contributed by atoms with Gasteiger partial charge in [0.1, 0.15) is 0 Å². The van der Waals surface area contributed by atoms with Crippen LogP contribution in [0.15, 0.2) is 48.5 Å². The molecule has 2 unspecified atom stereocenters. The van der Waals surface area contributed by atoms with E-state index in [1.54, 1.807) is 0 Å². The van der Waals surface area contributed by atoms with Crippen molar-refractivity contribution in [2.75, 3.05) is 11.9 Å². The standard InChI is InChI=1S/C17H21ClN2/c1-12(19)14-8-5-7-11-17(14)20(3)13(2)15-9-4-6-10-16(15)18/h4-13H,19H2,1-3H3. The van der Waals surface area contributed by atoms with Crippen molar-refractivity contribution < 1.29 is 0 Å². The van der Waals surface area contributed by atoms with Gasteiger partial charge < -0.3 is 10.6 Å². The summed E-state index contributed by atoms with van der Waals surface area (Å²) in [7, 11) is 2.08. The van der Waals surface area contributed by atoms with E-state index in [0.717, 1.165) is 21.8 Å². The Morgan fingerprint density at radius 3 is 2.10 bits per heavy atom. The third-order valence-electron chi connectivity index (χ3n) is 3.74. The number of nitrogens with two attached hydrogens (primary N) is 1. The molecule has 0 saturated carbocycles. The lowest BCUT2D eigenvalue weighted by molar-refractivity contribution is 0.723. The van der Waals surface area contributed by atoms with Crippen LogP contribution in [0.25, 0.3) is 0 Å². The maximum atomic E-state index is 6.30. The van der Waals surface area contributed by atoms with E-state index in [0.29, 0.717) is 0 Å². The normalized spacial score (nSPS) is 13.8. The summed E-state index contributed by atoms with van der Waals surface area (Å²) < 4.78 is 0. The summed E-state index contributed by atoms with van der Waals surface area (Å²) in [5, 5.41) is 0.796. The molecule has 0 spiro atoms. The summed E-state index contributed by atoms with van der Waals surface area (Å²) in [5.74, 6) is 0. The molecular weight excluding hydrogens is 268 g/mol. The lowest BCUT2D eigenvalue weighted by Gasteiger charge is -2.30. The van der Waals surface area contributed by atoms with Gasteiger partial charge in [-0.3, -0.25) is 0 Å². The second-order valence-electron chi connectivity index (χ2n) is 5.16. The smallest absolute Gasteiger partial charge is 0.0525 e. The molecule has 3 heteroatoms. The van der Waals surface area contributed by atoms with E-state index in [-0.39, 0.29) is 12.1 Å². The molecule has 2 atom stereocenters. The molecule has 0 radical (unpaired) electrons. The second kappa shape index (κ2) is 6.29. The summed E-state index contributed by atoms with van der Waals surface area (Å²) in [6, 6.07) is 16.4. The zero-order valence-corrected chi connectivity index (χ0v) is 12.9. The van der Waals surface area contributed by atoms with Crippen molar-refractivity contribution in [3.8, 4) is 0 Å². The zero-order valence-electron chi connectivity index (χ0n) is 12.2.